The molecule has 0 saturated carbocycles. The largest absolute Gasteiger partial charge is 0.480 e. The summed E-state index contributed by atoms with van der Waals surface area (Å²) < 4.78 is 0. The van der Waals surface area contributed by atoms with Crippen molar-refractivity contribution in [1.29, 1.82) is 0 Å². The maximum atomic E-state index is 11.5. The van der Waals surface area contributed by atoms with E-state index in [1.807, 2.05) is 0 Å². The topological polar surface area (TPSA) is 55.8 Å². The second-order valence-corrected chi connectivity index (χ2v) is 6.31. The maximum Gasteiger partial charge on any atom is 0.323 e. The van der Waals surface area contributed by atoms with E-state index in [0.717, 1.165) is 52.0 Å². The van der Waals surface area contributed by atoms with Crippen molar-refractivity contribution in [3.8, 4) is 0 Å². The van der Waals surface area contributed by atoms with E-state index in [1.165, 1.54) is 0 Å². The standard InChI is InChI=1S/C16H35N3O2/c1-6-10-17-16(3,15(20)21)9-8-12-19(11-7-2)14-13-18(4)5/h17H,6-14H2,1-5H3,(H,20,21). The number of carbonyl (C=O) groups is 1. The van der Waals surface area contributed by atoms with Crippen molar-refractivity contribution >= 4 is 5.97 Å². The first-order chi connectivity index (χ1) is 9.85. The molecule has 0 radical (unpaired) electrons. The van der Waals surface area contributed by atoms with Crippen molar-refractivity contribution < 1.29 is 9.90 Å². The highest BCUT2D eigenvalue weighted by Crippen LogP contribution is 2.13. The van der Waals surface area contributed by atoms with E-state index in [-0.39, 0.29) is 0 Å². The summed E-state index contributed by atoms with van der Waals surface area (Å²) in [6.07, 6.45) is 3.67. The predicted octanol–water partition coefficient (Wildman–Crippen LogP) is 1.88. The lowest BCUT2D eigenvalue weighted by Crippen LogP contribution is -2.50. The van der Waals surface area contributed by atoms with Crippen LogP contribution in [0.4, 0.5) is 0 Å². The molecule has 0 aromatic rings. The highest BCUT2D eigenvalue weighted by atomic mass is 16.4. The van der Waals surface area contributed by atoms with E-state index in [2.05, 4.69) is 43.1 Å². The molecule has 0 spiro atoms. The van der Waals surface area contributed by atoms with Crippen LogP contribution in [0.25, 0.3) is 0 Å². The number of aliphatic carboxylic acids is 1. The molecule has 0 aliphatic heterocycles. The molecule has 0 aliphatic rings. The summed E-state index contributed by atoms with van der Waals surface area (Å²) in [5, 5.41) is 12.6. The Morgan fingerprint density at radius 2 is 1.76 bits per heavy atom. The number of carboxylic acid groups (broad SMARTS) is 1. The molecule has 21 heavy (non-hydrogen) atoms. The minimum absolute atomic E-state index is 0.671. The first-order valence-corrected chi connectivity index (χ1v) is 8.21. The smallest absolute Gasteiger partial charge is 0.323 e. The van der Waals surface area contributed by atoms with Gasteiger partial charge in [0.05, 0.1) is 0 Å². The van der Waals surface area contributed by atoms with Gasteiger partial charge in [-0.15, -0.1) is 0 Å². The lowest BCUT2D eigenvalue weighted by molar-refractivity contribution is -0.144. The van der Waals surface area contributed by atoms with Crippen molar-refractivity contribution in [1.82, 2.24) is 15.1 Å². The van der Waals surface area contributed by atoms with Gasteiger partial charge in [-0.1, -0.05) is 13.8 Å². The lowest BCUT2D eigenvalue weighted by Gasteiger charge is -2.28. The number of likely N-dealkylation sites (N-methyl/N-ethyl adjacent to an activating group) is 1. The molecule has 0 aliphatic carbocycles. The Morgan fingerprint density at radius 1 is 1.10 bits per heavy atom. The summed E-state index contributed by atoms with van der Waals surface area (Å²) in [4.78, 5) is 16.1. The van der Waals surface area contributed by atoms with Crippen LogP contribution in [0, 0.1) is 0 Å². The number of nitrogens with zero attached hydrogens (tertiary/aromatic N) is 2. The molecule has 0 bridgehead atoms. The van der Waals surface area contributed by atoms with Gasteiger partial charge in [-0.05, 0) is 66.3 Å². The van der Waals surface area contributed by atoms with E-state index < -0.39 is 11.5 Å². The molecule has 5 heteroatoms. The van der Waals surface area contributed by atoms with E-state index in [4.69, 9.17) is 0 Å². The van der Waals surface area contributed by atoms with Crippen LogP contribution in [0.1, 0.15) is 46.5 Å². The van der Waals surface area contributed by atoms with Gasteiger partial charge in [0.2, 0.25) is 0 Å². The van der Waals surface area contributed by atoms with E-state index in [0.29, 0.717) is 6.42 Å². The number of hydrogen-bond donors (Lipinski definition) is 2. The number of hydrogen-bond acceptors (Lipinski definition) is 4. The summed E-state index contributed by atoms with van der Waals surface area (Å²) in [7, 11) is 4.17. The first kappa shape index (κ1) is 20.3. The highest BCUT2D eigenvalue weighted by Gasteiger charge is 2.31. The quantitative estimate of drug-likeness (QED) is 0.544. The lowest BCUT2D eigenvalue weighted by atomic mass is 9.95. The Balaban J connectivity index is 4.27. The van der Waals surface area contributed by atoms with Gasteiger partial charge < -0.3 is 20.2 Å². The van der Waals surface area contributed by atoms with Gasteiger partial charge in [0.15, 0.2) is 0 Å². The molecule has 5 nitrogen and oxygen atoms in total. The zero-order chi connectivity index (χ0) is 16.3. The number of carboxylic acids is 1. The minimum Gasteiger partial charge on any atom is -0.480 e. The van der Waals surface area contributed by atoms with Gasteiger partial charge in [0, 0.05) is 13.1 Å². The van der Waals surface area contributed by atoms with Crippen molar-refractivity contribution in [2.24, 2.45) is 0 Å². The fraction of sp³-hybridized carbons (Fsp3) is 0.938. The van der Waals surface area contributed by atoms with E-state index in [9.17, 15) is 9.90 Å². The fourth-order valence-electron chi connectivity index (χ4n) is 2.32. The van der Waals surface area contributed by atoms with Crippen LogP contribution in [0.2, 0.25) is 0 Å². The van der Waals surface area contributed by atoms with Crippen molar-refractivity contribution in [2.75, 3.05) is 46.8 Å². The summed E-state index contributed by atoms with van der Waals surface area (Å²) in [5.41, 5.74) is -0.796. The Bertz CT molecular complexity index is 285. The Hall–Kier alpha value is -0.650. The van der Waals surface area contributed by atoms with Gasteiger partial charge in [-0.2, -0.15) is 0 Å². The Labute approximate surface area is 130 Å². The highest BCUT2D eigenvalue weighted by molar-refractivity contribution is 5.78. The molecule has 0 amide bonds. The van der Waals surface area contributed by atoms with E-state index in [1.54, 1.807) is 6.92 Å². The monoisotopic (exact) mass is 301 g/mol. The van der Waals surface area contributed by atoms with Gasteiger partial charge in [0.1, 0.15) is 5.54 Å². The van der Waals surface area contributed by atoms with Crippen molar-refractivity contribution in [3.63, 3.8) is 0 Å². The first-order valence-electron chi connectivity index (χ1n) is 8.21. The zero-order valence-electron chi connectivity index (χ0n) is 14.6. The third-order valence-electron chi connectivity index (χ3n) is 3.79. The second-order valence-electron chi connectivity index (χ2n) is 6.31. The predicted molar refractivity (Wildman–Crippen MR) is 88.9 cm³/mol. The molecule has 0 fully saturated rings. The average Bonchev–Trinajstić information content (AvgIpc) is 2.42. The second kappa shape index (κ2) is 11.0. The number of rotatable bonds is 13. The maximum absolute atomic E-state index is 11.5. The van der Waals surface area contributed by atoms with Crippen molar-refractivity contribution in [3.05, 3.63) is 0 Å². The minimum atomic E-state index is -0.796. The molecule has 0 aromatic carbocycles. The van der Waals surface area contributed by atoms with Gasteiger partial charge in [-0.3, -0.25) is 4.79 Å². The summed E-state index contributed by atoms with van der Waals surface area (Å²) in [6.45, 7) is 10.9. The summed E-state index contributed by atoms with van der Waals surface area (Å²) in [6, 6.07) is 0. The third kappa shape index (κ3) is 9.06. The van der Waals surface area contributed by atoms with Crippen LogP contribution >= 0.6 is 0 Å². The van der Waals surface area contributed by atoms with Crippen LogP contribution in [0.15, 0.2) is 0 Å². The Kier molecular flexibility index (Phi) is 10.6. The van der Waals surface area contributed by atoms with Crippen LogP contribution < -0.4 is 5.32 Å². The molecular weight excluding hydrogens is 266 g/mol. The molecule has 0 saturated heterocycles. The summed E-state index contributed by atoms with van der Waals surface area (Å²) in [5.74, 6) is -0.744. The van der Waals surface area contributed by atoms with Crippen LogP contribution in [-0.4, -0.2) is 73.2 Å². The van der Waals surface area contributed by atoms with Crippen molar-refractivity contribution in [2.45, 2.75) is 52.0 Å². The molecule has 0 rings (SSSR count). The molecule has 0 aromatic heterocycles. The molecule has 126 valence electrons. The molecule has 1 unspecified atom stereocenters. The zero-order valence-corrected chi connectivity index (χ0v) is 14.6. The molecule has 1 atom stereocenters. The molecular formula is C16H35N3O2. The van der Waals surface area contributed by atoms with Gasteiger partial charge >= 0.3 is 5.97 Å². The SMILES string of the molecule is CCCNC(C)(CCCN(CCC)CCN(C)C)C(=O)O. The number of nitrogens with one attached hydrogen (secondary N) is 1. The van der Waals surface area contributed by atoms with Gasteiger partial charge in [-0.25, -0.2) is 0 Å². The normalized spacial score (nSPS) is 14.6. The average molecular weight is 301 g/mol. The van der Waals surface area contributed by atoms with Gasteiger partial charge in [0.25, 0.3) is 0 Å². The Morgan fingerprint density at radius 3 is 2.24 bits per heavy atom. The summed E-state index contributed by atoms with van der Waals surface area (Å²) >= 11 is 0. The van der Waals surface area contributed by atoms with Crippen LogP contribution in [0.5, 0.6) is 0 Å². The van der Waals surface area contributed by atoms with E-state index >= 15 is 0 Å². The molecule has 0 heterocycles. The third-order valence-corrected chi connectivity index (χ3v) is 3.79. The molecule has 2 N–H and O–H groups in total. The van der Waals surface area contributed by atoms with Crippen LogP contribution in [0.3, 0.4) is 0 Å². The fourth-order valence-corrected chi connectivity index (χ4v) is 2.32. The van der Waals surface area contributed by atoms with Crippen LogP contribution in [-0.2, 0) is 4.79 Å².